The van der Waals surface area contributed by atoms with Crippen molar-refractivity contribution in [1.29, 1.82) is 0 Å². The molecule has 3 rings (SSSR count). The van der Waals surface area contributed by atoms with Crippen LogP contribution in [0.3, 0.4) is 0 Å². The lowest BCUT2D eigenvalue weighted by Gasteiger charge is -2.19. The van der Waals surface area contributed by atoms with Crippen LogP contribution in [0, 0.1) is 0 Å². The van der Waals surface area contributed by atoms with Crippen LogP contribution in [0.4, 0.5) is 0 Å². The third-order valence-electron chi connectivity index (χ3n) is 3.96. The number of nitrogens with zero attached hydrogens (tertiary/aromatic N) is 1. The molecule has 0 amide bonds. The van der Waals surface area contributed by atoms with Crippen LogP contribution in [0.15, 0.2) is 29.6 Å². The van der Waals surface area contributed by atoms with E-state index in [0.717, 1.165) is 5.01 Å². The highest BCUT2D eigenvalue weighted by atomic mass is 32.1. The molecule has 1 aliphatic rings. The summed E-state index contributed by atoms with van der Waals surface area (Å²) in [6.07, 6.45) is 6.74. The van der Waals surface area contributed by atoms with Crippen molar-refractivity contribution >= 4 is 11.3 Å². The summed E-state index contributed by atoms with van der Waals surface area (Å²) in [7, 11) is 0. The molecule has 2 nitrogen and oxygen atoms in total. The highest BCUT2D eigenvalue weighted by molar-refractivity contribution is 7.13. The van der Waals surface area contributed by atoms with Gasteiger partial charge in [-0.1, -0.05) is 37.5 Å². The highest BCUT2D eigenvalue weighted by Gasteiger charge is 2.18. The van der Waals surface area contributed by atoms with Gasteiger partial charge < -0.3 is 5.73 Å². The number of nitrogens with two attached hydrogens (primary N) is 1. The van der Waals surface area contributed by atoms with Crippen LogP contribution < -0.4 is 5.73 Å². The second-order valence-corrected chi connectivity index (χ2v) is 6.18. The van der Waals surface area contributed by atoms with E-state index < -0.39 is 0 Å². The predicted molar refractivity (Wildman–Crippen MR) is 81.3 cm³/mol. The molecular weight excluding hydrogens is 252 g/mol. The van der Waals surface area contributed by atoms with Crippen LogP contribution in [-0.4, -0.2) is 4.98 Å². The van der Waals surface area contributed by atoms with E-state index in [1.807, 2.05) is 0 Å². The van der Waals surface area contributed by atoms with E-state index in [9.17, 15) is 0 Å². The lowest BCUT2D eigenvalue weighted by atomic mass is 9.87. The fourth-order valence-electron chi connectivity index (χ4n) is 2.84. The Morgan fingerprint density at radius 1 is 1.21 bits per heavy atom. The molecule has 1 heterocycles. The third-order valence-corrected chi connectivity index (χ3v) is 4.86. The Labute approximate surface area is 118 Å². The molecule has 0 spiro atoms. The zero-order chi connectivity index (χ0) is 13.1. The van der Waals surface area contributed by atoms with Crippen LogP contribution in [-0.2, 0) is 6.54 Å². The Balaban J connectivity index is 1.83. The number of benzene rings is 1. The van der Waals surface area contributed by atoms with E-state index in [1.54, 1.807) is 11.3 Å². The minimum absolute atomic E-state index is 0.592. The summed E-state index contributed by atoms with van der Waals surface area (Å²) in [6, 6.07) is 8.42. The van der Waals surface area contributed by atoms with Crippen molar-refractivity contribution in [2.24, 2.45) is 5.73 Å². The van der Waals surface area contributed by atoms with Gasteiger partial charge in [0.25, 0.3) is 0 Å². The quantitative estimate of drug-likeness (QED) is 0.904. The Bertz CT molecular complexity index is 541. The molecule has 2 aromatic rings. The van der Waals surface area contributed by atoms with Crippen molar-refractivity contribution in [3.63, 3.8) is 0 Å². The molecule has 1 aromatic heterocycles. The van der Waals surface area contributed by atoms with E-state index in [4.69, 9.17) is 10.7 Å². The smallest absolute Gasteiger partial charge is 0.123 e. The maximum Gasteiger partial charge on any atom is 0.123 e. The van der Waals surface area contributed by atoms with Crippen molar-refractivity contribution < 1.29 is 0 Å². The second kappa shape index (κ2) is 5.85. The monoisotopic (exact) mass is 272 g/mol. The lowest BCUT2D eigenvalue weighted by Crippen LogP contribution is -2.04. The maximum atomic E-state index is 5.70. The molecule has 2 N–H and O–H groups in total. The molecule has 0 bridgehead atoms. The van der Waals surface area contributed by atoms with Crippen molar-refractivity contribution in [1.82, 2.24) is 4.98 Å². The van der Waals surface area contributed by atoms with Gasteiger partial charge in [0, 0.05) is 23.4 Å². The first kappa shape index (κ1) is 12.8. The van der Waals surface area contributed by atoms with E-state index in [1.165, 1.54) is 48.9 Å². The van der Waals surface area contributed by atoms with Crippen LogP contribution in [0.5, 0.6) is 0 Å². The molecule has 1 aromatic carbocycles. The van der Waals surface area contributed by atoms with Gasteiger partial charge in [-0.2, -0.15) is 0 Å². The number of aromatic nitrogens is 1. The van der Waals surface area contributed by atoms with Crippen molar-refractivity contribution in [2.75, 3.05) is 0 Å². The molecule has 0 aliphatic heterocycles. The zero-order valence-corrected chi connectivity index (χ0v) is 12.0. The summed E-state index contributed by atoms with van der Waals surface area (Å²) in [5.74, 6) is 0.691. The SMILES string of the molecule is NCc1cccc(-c2nc(C3CCCCC3)cs2)c1. The molecule has 0 radical (unpaired) electrons. The summed E-state index contributed by atoms with van der Waals surface area (Å²) in [6.45, 7) is 0.592. The van der Waals surface area contributed by atoms with E-state index in [0.29, 0.717) is 12.5 Å². The van der Waals surface area contributed by atoms with Gasteiger partial charge in [-0.15, -0.1) is 11.3 Å². The molecule has 0 saturated heterocycles. The van der Waals surface area contributed by atoms with Crippen LogP contribution >= 0.6 is 11.3 Å². The minimum atomic E-state index is 0.592. The van der Waals surface area contributed by atoms with Crippen molar-refractivity contribution in [2.45, 2.75) is 44.6 Å². The standard InChI is InChI=1S/C16H20N2S/c17-10-12-5-4-8-14(9-12)16-18-15(11-19-16)13-6-2-1-3-7-13/h4-5,8-9,11,13H,1-3,6-7,10,17H2. The summed E-state index contributed by atoms with van der Waals surface area (Å²) in [4.78, 5) is 4.86. The van der Waals surface area contributed by atoms with Crippen molar-refractivity contribution in [3.8, 4) is 10.6 Å². The van der Waals surface area contributed by atoms with Gasteiger partial charge in [0.1, 0.15) is 5.01 Å². The molecule has 100 valence electrons. The number of thiazole rings is 1. The summed E-state index contributed by atoms with van der Waals surface area (Å²) in [5.41, 5.74) is 9.38. The Morgan fingerprint density at radius 3 is 2.84 bits per heavy atom. The van der Waals surface area contributed by atoms with Gasteiger partial charge in [-0.05, 0) is 24.5 Å². The molecule has 0 unspecified atom stereocenters. The largest absolute Gasteiger partial charge is 0.326 e. The molecule has 19 heavy (non-hydrogen) atoms. The van der Waals surface area contributed by atoms with E-state index in [2.05, 4.69) is 29.6 Å². The molecule has 1 saturated carbocycles. The van der Waals surface area contributed by atoms with Gasteiger partial charge in [0.05, 0.1) is 5.69 Å². The number of hydrogen-bond acceptors (Lipinski definition) is 3. The summed E-state index contributed by atoms with van der Waals surface area (Å²) < 4.78 is 0. The van der Waals surface area contributed by atoms with E-state index >= 15 is 0 Å². The first-order chi connectivity index (χ1) is 9.36. The number of hydrogen-bond donors (Lipinski definition) is 1. The number of rotatable bonds is 3. The highest BCUT2D eigenvalue weighted by Crippen LogP contribution is 2.35. The topological polar surface area (TPSA) is 38.9 Å². The normalized spacial score (nSPS) is 16.7. The van der Waals surface area contributed by atoms with Gasteiger partial charge in [-0.25, -0.2) is 4.98 Å². The van der Waals surface area contributed by atoms with Gasteiger partial charge in [0.15, 0.2) is 0 Å². The maximum absolute atomic E-state index is 5.70. The fraction of sp³-hybridized carbons (Fsp3) is 0.438. The molecule has 1 aliphatic carbocycles. The molecule has 3 heteroatoms. The summed E-state index contributed by atoms with van der Waals surface area (Å²) >= 11 is 1.76. The Morgan fingerprint density at radius 2 is 2.05 bits per heavy atom. The van der Waals surface area contributed by atoms with Gasteiger partial charge in [-0.3, -0.25) is 0 Å². The van der Waals surface area contributed by atoms with Crippen LogP contribution in [0.25, 0.3) is 10.6 Å². The summed E-state index contributed by atoms with van der Waals surface area (Å²) in [5, 5.41) is 3.39. The first-order valence-electron chi connectivity index (χ1n) is 7.11. The van der Waals surface area contributed by atoms with Gasteiger partial charge >= 0.3 is 0 Å². The van der Waals surface area contributed by atoms with Crippen LogP contribution in [0.1, 0.15) is 49.3 Å². The first-order valence-corrected chi connectivity index (χ1v) is 7.99. The average Bonchev–Trinajstić information content (AvgIpc) is 2.98. The van der Waals surface area contributed by atoms with Gasteiger partial charge in [0.2, 0.25) is 0 Å². The predicted octanol–water partition coefficient (Wildman–Crippen LogP) is 4.32. The third kappa shape index (κ3) is 2.88. The van der Waals surface area contributed by atoms with E-state index in [-0.39, 0.29) is 0 Å². The van der Waals surface area contributed by atoms with Crippen LogP contribution in [0.2, 0.25) is 0 Å². The zero-order valence-electron chi connectivity index (χ0n) is 11.1. The average molecular weight is 272 g/mol. The Kier molecular flexibility index (Phi) is 3.95. The second-order valence-electron chi connectivity index (χ2n) is 5.32. The molecule has 1 fully saturated rings. The fourth-order valence-corrected chi connectivity index (χ4v) is 3.73. The molecule has 0 atom stereocenters. The minimum Gasteiger partial charge on any atom is -0.326 e. The molecular formula is C16H20N2S. The lowest BCUT2D eigenvalue weighted by molar-refractivity contribution is 0.438. The van der Waals surface area contributed by atoms with Crippen molar-refractivity contribution in [3.05, 3.63) is 40.9 Å². The Hall–Kier alpha value is -1.19.